The van der Waals surface area contributed by atoms with Crippen LogP contribution in [0.5, 0.6) is 0 Å². The first-order valence-electron chi connectivity index (χ1n) is 4.40. The van der Waals surface area contributed by atoms with Crippen molar-refractivity contribution in [3.8, 4) is 0 Å². The summed E-state index contributed by atoms with van der Waals surface area (Å²) in [5.41, 5.74) is 2.44. The van der Waals surface area contributed by atoms with Crippen molar-refractivity contribution in [2.45, 2.75) is 13.0 Å². The number of pyridine rings is 1. The van der Waals surface area contributed by atoms with Crippen molar-refractivity contribution in [1.29, 1.82) is 0 Å². The summed E-state index contributed by atoms with van der Waals surface area (Å²) in [7, 11) is 0. The zero-order valence-electron chi connectivity index (χ0n) is 7.84. The van der Waals surface area contributed by atoms with Gasteiger partial charge >= 0.3 is 0 Å². The van der Waals surface area contributed by atoms with Gasteiger partial charge in [0.1, 0.15) is 6.10 Å². The van der Waals surface area contributed by atoms with Gasteiger partial charge < -0.3 is 9.52 Å². The molecule has 1 unspecified atom stereocenters. The zero-order chi connectivity index (χ0) is 9.97. The second-order valence-corrected chi connectivity index (χ2v) is 3.22. The minimum absolute atomic E-state index is 0.636. The summed E-state index contributed by atoms with van der Waals surface area (Å²) < 4.78 is 4.89. The van der Waals surface area contributed by atoms with Gasteiger partial charge in [-0.2, -0.15) is 0 Å². The van der Waals surface area contributed by atoms with E-state index >= 15 is 0 Å². The molecule has 0 radical (unpaired) electrons. The number of aliphatic hydroxyl groups is 1. The number of hydrogen-bond donors (Lipinski definition) is 1. The van der Waals surface area contributed by atoms with E-state index in [1.165, 1.54) is 12.5 Å². The molecule has 0 amide bonds. The standard InChI is InChI=1S/C11H11NO2/c1-8-2-3-10(12-6-8)11(13)9-4-5-14-7-9/h2-7,11,13H,1H3. The van der Waals surface area contributed by atoms with Crippen LogP contribution in [0.3, 0.4) is 0 Å². The Morgan fingerprint density at radius 1 is 1.36 bits per heavy atom. The SMILES string of the molecule is Cc1ccc(C(O)c2ccoc2)nc1. The Bertz CT molecular complexity index is 392. The van der Waals surface area contributed by atoms with Gasteiger partial charge in [-0.15, -0.1) is 0 Å². The first kappa shape index (κ1) is 8.97. The smallest absolute Gasteiger partial charge is 0.124 e. The minimum Gasteiger partial charge on any atom is -0.472 e. The van der Waals surface area contributed by atoms with Crippen molar-refractivity contribution in [3.63, 3.8) is 0 Å². The molecule has 0 aliphatic carbocycles. The van der Waals surface area contributed by atoms with E-state index in [-0.39, 0.29) is 0 Å². The maximum absolute atomic E-state index is 9.85. The quantitative estimate of drug-likeness (QED) is 0.786. The fourth-order valence-electron chi connectivity index (χ4n) is 1.24. The molecular weight excluding hydrogens is 178 g/mol. The van der Waals surface area contributed by atoms with Crippen LogP contribution in [0.1, 0.15) is 22.9 Å². The summed E-state index contributed by atoms with van der Waals surface area (Å²) in [5, 5.41) is 9.85. The molecule has 2 heterocycles. The van der Waals surface area contributed by atoms with Crippen LogP contribution >= 0.6 is 0 Å². The van der Waals surface area contributed by atoms with Gasteiger partial charge in [0.25, 0.3) is 0 Å². The molecule has 0 aliphatic rings. The largest absolute Gasteiger partial charge is 0.472 e. The molecule has 0 fully saturated rings. The van der Waals surface area contributed by atoms with Gasteiger partial charge in [0.15, 0.2) is 0 Å². The van der Waals surface area contributed by atoms with Gasteiger partial charge in [0, 0.05) is 11.8 Å². The molecule has 1 N–H and O–H groups in total. The van der Waals surface area contributed by atoms with E-state index in [9.17, 15) is 5.11 Å². The van der Waals surface area contributed by atoms with Crippen LogP contribution in [0.2, 0.25) is 0 Å². The number of aromatic nitrogens is 1. The zero-order valence-corrected chi connectivity index (χ0v) is 7.84. The first-order chi connectivity index (χ1) is 6.77. The van der Waals surface area contributed by atoms with Gasteiger partial charge in [-0.25, -0.2) is 0 Å². The van der Waals surface area contributed by atoms with Crippen molar-refractivity contribution in [1.82, 2.24) is 4.98 Å². The van der Waals surface area contributed by atoms with E-state index in [0.29, 0.717) is 5.69 Å². The Morgan fingerprint density at radius 2 is 2.21 bits per heavy atom. The van der Waals surface area contributed by atoms with Gasteiger partial charge in [0.05, 0.1) is 18.2 Å². The van der Waals surface area contributed by atoms with Crippen molar-refractivity contribution >= 4 is 0 Å². The molecule has 3 heteroatoms. The molecule has 0 saturated heterocycles. The second-order valence-electron chi connectivity index (χ2n) is 3.22. The molecule has 0 bridgehead atoms. The topological polar surface area (TPSA) is 46.3 Å². The maximum Gasteiger partial charge on any atom is 0.124 e. The highest BCUT2D eigenvalue weighted by molar-refractivity contribution is 5.23. The van der Waals surface area contributed by atoms with E-state index in [1.54, 1.807) is 12.3 Å². The number of hydrogen-bond acceptors (Lipinski definition) is 3. The van der Waals surface area contributed by atoms with E-state index in [4.69, 9.17) is 4.42 Å². The summed E-state index contributed by atoms with van der Waals surface area (Å²) in [6.07, 6.45) is 4.09. The van der Waals surface area contributed by atoms with E-state index in [0.717, 1.165) is 11.1 Å². The fraction of sp³-hybridized carbons (Fsp3) is 0.182. The van der Waals surface area contributed by atoms with E-state index in [1.807, 2.05) is 19.1 Å². The molecule has 3 nitrogen and oxygen atoms in total. The van der Waals surface area contributed by atoms with E-state index in [2.05, 4.69) is 4.98 Å². The summed E-state index contributed by atoms with van der Waals surface area (Å²) in [5.74, 6) is 0. The highest BCUT2D eigenvalue weighted by Crippen LogP contribution is 2.20. The molecule has 1 atom stereocenters. The number of furan rings is 1. The Balaban J connectivity index is 2.28. The van der Waals surface area contributed by atoms with Crippen LogP contribution in [0.15, 0.2) is 41.3 Å². The molecular formula is C11H11NO2. The van der Waals surface area contributed by atoms with Gasteiger partial charge in [-0.05, 0) is 24.6 Å². The third-order valence-corrected chi connectivity index (χ3v) is 2.07. The highest BCUT2D eigenvalue weighted by atomic mass is 16.3. The Morgan fingerprint density at radius 3 is 2.79 bits per heavy atom. The lowest BCUT2D eigenvalue weighted by atomic mass is 10.1. The van der Waals surface area contributed by atoms with Crippen LogP contribution in [0.25, 0.3) is 0 Å². The third-order valence-electron chi connectivity index (χ3n) is 2.07. The molecule has 0 spiro atoms. The summed E-state index contributed by atoms with van der Waals surface area (Å²) >= 11 is 0. The lowest BCUT2D eigenvalue weighted by Gasteiger charge is -2.07. The van der Waals surface area contributed by atoms with Crippen molar-refractivity contribution in [2.75, 3.05) is 0 Å². The van der Waals surface area contributed by atoms with E-state index < -0.39 is 6.10 Å². The number of nitrogens with zero attached hydrogens (tertiary/aromatic N) is 1. The number of rotatable bonds is 2. The van der Waals surface area contributed by atoms with Crippen LogP contribution < -0.4 is 0 Å². The maximum atomic E-state index is 9.85. The monoisotopic (exact) mass is 189 g/mol. The molecule has 0 saturated carbocycles. The number of aryl methyl sites for hydroxylation is 1. The lowest BCUT2D eigenvalue weighted by Crippen LogP contribution is -2.00. The average molecular weight is 189 g/mol. The third kappa shape index (κ3) is 1.67. The molecule has 14 heavy (non-hydrogen) atoms. The van der Waals surface area contributed by atoms with Crippen LogP contribution in [0.4, 0.5) is 0 Å². The van der Waals surface area contributed by atoms with Gasteiger partial charge in [0.2, 0.25) is 0 Å². The summed E-state index contributed by atoms with van der Waals surface area (Å²) in [6.45, 7) is 1.96. The Kier molecular flexibility index (Phi) is 2.33. The van der Waals surface area contributed by atoms with Crippen LogP contribution in [-0.4, -0.2) is 10.1 Å². The first-order valence-corrected chi connectivity index (χ1v) is 4.40. The predicted molar refractivity (Wildman–Crippen MR) is 51.7 cm³/mol. The molecule has 2 aromatic rings. The molecule has 2 aromatic heterocycles. The molecule has 72 valence electrons. The van der Waals surface area contributed by atoms with Gasteiger partial charge in [-0.3, -0.25) is 4.98 Å². The number of aliphatic hydroxyl groups excluding tert-OH is 1. The molecule has 0 aromatic carbocycles. The van der Waals surface area contributed by atoms with Gasteiger partial charge in [-0.1, -0.05) is 6.07 Å². The van der Waals surface area contributed by atoms with Crippen molar-refractivity contribution in [2.24, 2.45) is 0 Å². The highest BCUT2D eigenvalue weighted by Gasteiger charge is 2.12. The Hall–Kier alpha value is -1.61. The summed E-state index contributed by atoms with van der Waals surface area (Å²) in [6, 6.07) is 5.46. The average Bonchev–Trinajstić information content (AvgIpc) is 2.71. The van der Waals surface area contributed by atoms with Crippen molar-refractivity contribution in [3.05, 3.63) is 53.7 Å². The fourth-order valence-corrected chi connectivity index (χ4v) is 1.24. The van der Waals surface area contributed by atoms with Crippen molar-refractivity contribution < 1.29 is 9.52 Å². The normalized spacial score (nSPS) is 12.7. The Labute approximate surface area is 82.0 Å². The predicted octanol–water partition coefficient (Wildman–Crippen LogP) is 2.06. The van der Waals surface area contributed by atoms with Crippen LogP contribution in [-0.2, 0) is 0 Å². The lowest BCUT2D eigenvalue weighted by molar-refractivity contribution is 0.214. The second kappa shape index (κ2) is 3.64. The summed E-state index contributed by atoms with van der Waals surface area (Å²) in [4.78, 5) is 4.14. The minimum atomic E-state index is -0.700. The van der Waals surface area contributed by atoms with Crippen LogP contribution in [0, 0.1) is 6.92 Å². The molecule has 2 rings (SSSR count). The molecule has 0 aliphatic heterocycles.